The summed E-state index contributed by atoms with van der Waals surface area (Å²) in [7, 11) is 0. The summed E-state index contributed by atoms with van der Waals surface area (Å²) >= 11 is 6.05. The smallest absolute Gasteiger partial charge is 0.321 e. The van der Waals surface area contributed by atoms with Crippen molar-refractivity contribution in [2.24, 2.45) is 5.73 Å². The number of urea groups is 1. The van der Waals surface area contributed by atoms with E-state index in [2.05, 4.69) is 17.2 Å². The second-order valence-corrected chi connectivity index (χ2v) is 5.09. The van der Waals surface area contributed by atoms with Gasteiger partial charge in [0.25, 0.3) is 0 Å². The summed E-state index contributed by atoms with van der Waals surface area (Å²) in [6.45, 7) is 1.92. The van der Waals surface area contributed by atoms with Crippen LogP contribution in [-0.2, 0) is 0 Å². The molecule has 106 valence electrons. The molecule has 3 N–H and O–H groups in total. The van der Waals surface area contributed by atoms with Crippen LogP contribution in [0.4, 0.5) is 10.5 Å². The van der Waals surface area contributed by atoms with Gasteiger partial charge in [-0.25, -0.2) is 4.79 Å². The first-order chi connectivity index (χ1) is 9.70. The van der Waals surface area contributed by atoms with E-state index in [0.29, 0.717) is 16.3 Å². The fourth-order valence-electron chi connectivity index (χ4n) is 2.14. The van der Waals surface area contributed by atoms with Crippen LogP contribution in [0.1, 0.15) is 24.8 Å². The molecule has 0 radical (unpaired) electrons. The van der Waals surface area contributed by atoms with Crippen LogP contribution in [0.3, 0.4) is 0 Å². The van der Waals surface area contributed by atoms with Gasteiger partial charge in [-0.05, 0) is 37.5 Å². The van der Waals surface area contributed by atoms with Crippen LogP contribution in [0.25, 0.3) is 0 Å². The number of carbonyl (C=O) groups excluding carboxylic acids is 1. The van der Waals surface area contributed by atoms with Gasteiger partial charge in [0.2, 0.25) is 0 Å². The van der Waals surface area contributed by atoms with Gasteiger partial charge in [-0.2, -0.15) is 0 Å². The number of rotatable bonds is 1. The SMILES string of the molecule is NCC#Cc1cc(NC(=O)N2CCCCC2)ccc1Cl. The highest BCUT2D eigenvalue weighted by atomic mass is 35.5. The maximum Gasteiger partial charge on any atom is 0.321 e. The van der Waals surface area contributed by atoms with E-state index in [9.17, 15) is 4.79 Å². The Morgan fingerprint density at radius 2 is 2.10 bits per heavy atom. The predicted octanol–water partition coefficient (Wildman–Crippen LogP) is 2.67. The molecule has 0 unspecified atom stereocenters. The first-order valence-electron chi connectivity index (χ1n) is 6.75. The van der Waals surface area contributed by atoms with E-state index in [-0.39, 0.29) is 12.6 Å². The molecule has 1 aliphatic heterocycles. The molecule has 1 aromatic rings. The van der Waals surface area contributed by atoms with Gasteiger partial charge in [0.05, 0.1) is 11.6 Å². The van der Waals surface area contributed by atoms with Gasteiger partial charge in [-0.1, -0.05) is 23.4 Å². The zero-order valence-corrected chi connectivity index (χ0v) is 12.0. The van der Waals surface area contributed by atoms with Crippen molar-refractivity contribution in [3.05, 3.63) is 28.8 Å². The molecule has 5 heteroatoms. The summed E-state index contributed by atoms with van der Waals surface area (Å²) in [5.74, 6) is 5.65. The number of benzene rings is 1. The third kappa shape index (κ3) is 3.89. The number of nitrogens with one attached hydrogen (secondary N) is 1. The Bertz CT molecular complexity index is 542. The van der Waals surface area contributed by atoms with Gasteiger partial charge >= 0.3 is 6.03 Å². The Morgan fingerprint density at radius 3 is 2.80 bits per heavy atom. The number of amides is 2. The lowest BCUT2D eigenvalue weighted by atomic mass is 10.1. The first kappa shape index (κ1) is 14.7. The Balaban J connectivity index is 2.07. The van der Waals surface area contributed by atoms with Crippen LogP contribution in [-0.4, -0.2) is 30.6 Å². The number of carbonyl (C=O) groups is 1. The maximum absolute atomic E-state index is 12.1. The van der Waals surface area contributed by atoms with Crippen molar-refractivity contribution in [1.82, 2.24) is 4.90 Å². The fourth-order valence-corrected chi connectivity index (χ4v) is 2.31. The van der Waals surface area contributed by atoms with E-state index in [0.717, 1.165) is 25.9 Å². The number of nitrogens with two attached hydrogens (primary N) is 1. The van der Waals surface area contributed by atoms with Crippen molar-refractivity contribution in [1.29, 1.82) is 0 Å². The molecule has 0 spiro atoms. The number of nitrogens with zero attached hydrogens (tertiary/aromatic N) is 1. The van der Waals surface area contributed by atoms with Gasteiger partial charge in [0.15, 0.2) is 0 Å². The standard InChI is InChI=1S/C15H18ClN3O/c16-14-7-6-13(11-12(14)5-4-8-17)18-15(20)19-9-2-1-3-10-19/h6-7,11H,1-3,8-10,17H2,(H,18,20). The number of piperidine rings is 1. The quantitative estimate of drug-likeness (QED) is 0.782. The average Bonchev–Trinajstić information content (AvgIpc) is 2.48. The molecule has 0 bridgehead atoms. The van der Waals surface area contributed by atoms with Crippen LogP contribution >= 0.6 is 11.6 Å². The third-order valence-corrected chi connectivity index (χ3v) is 3.52. The van der Waals surface area contributed by atoms with Crippen molar-refractivity contribution < 1.29 is 4.79 Å². The van der Waals surface area contributed by atoms with E-state index in [1.54, 1.807) is 18.2 Å². The maximum atomic E-state index is 12.1. The Hall–Kier alpha value is -1.70. The molecule has 0 aliphatic carbocycles. The number of likely N-dealkylation sites (tertiary alicyclic amines) is 1. The lowest BCUT2D eigenvalue weighted by Gasteiger charge is -2.26. The highest BCUT2D eigenvalue weighted by Gasteiger charge is 2.16. The number of halogens is 1. The highest BCUT2D eigenvalue weighted by Crippen LogP contribution is 2.20. The van der Waals surface area contributed by atoms with E-state index in [1.165, 1.54) is 6.42 Å². The lowest BCUT2D eigenvalue weighted by Crippen LogP contribution is -2.38. The zero-order chi connectivity index (χ0) is 14.4. The minimum Gasteiger partial charge on any atom is -0.325 e. The van der Waals surface area contributed by atoms with Crippen LogP contribution in [0.5, 0.6) is 0 Å². The van der Waals surface area contributed by atoms with Gasteiger partial charge in [0.1, 0.15) is 0 Å². The first-order valence-corrected chi connectivity index (χ1v) is 7.13. The monoisotopic (exact) mass is 291 g/mol. The van der Waals surface area contributed by atoms with Crippen LogP contribution in [0.2, 0.25) is 5.02 Å². The van der Waals surface area contributed by atoms with Gasteiger partial charge < -0.3 is 16.0 Å². The number of anilines is 1. The number of hydrogen-bond acceptors (Lipinski definition) is 2. The highest BCUT2D eigenvalue weighted by molar-refractivity contribution is 6.31. The molecule has 2 rings (SSSR count). The topological polar surface area (TPSA) is 58.4 Å². The normalized spacial score (nSPS) is 14.4. The minimum atomic E-state index is -0.0650. The van der Waals surface area contributed by atoms with Crippen LogP contribution in [0, 0.1) is 11.8 Å². The minimum absolute atomic E-state index is 0.0650. The fraction of sp³-hybridized carbons (Fsp3) is 0.400. The Labute approximate surface area is 124 Å². The average molecular weight is 292 g/mol. The molecule has 1 saturated heterocycles. The molecule has 4 nitrogen and oxygen atoms in total. The summed E-state index contributed by atoms with van der Waals surface area (Å²) in [4.78, 5) is 13.9. The molecule has 1 aliphatic rings. The molecular formula is C15H18ClN3O. The second kappa shape index (κ2) is 7.18. The summed E-state index contributed by atoms with van der Waals surface area (Å²) in [6.07, 6.45) is 3.34. The summed E-state index contributed by atoms with van der Waals surface area (Å²) in [5.41, 5.74) is 6.72. The van der Waals surface area contributed by atoms with Gasteiger partial charge in [0, 0.05) is 24.3 Å². The molecule has 1 aromatic carbocycles. The van der Waals surface area contributed by atoms with Crippen molar-refractivity contribution in [2.45, 2.75) is 19.3 Å². The van der Waals surface area contributed by atoms with Crippen molar-refractivity contribution in [2.75, 3.05) is 25.0 Å². The molecular weight excluding hydrogens is 274 g/mol. The van der Waals surface area contributed by atoms with Crippen molar-refractivity contribution in [3.63, 3.8) is 0 Å². The Morgan fingerprint density at radius 1 is 1.35 bits per heavy atom. The van der Waals surface area contributed by atoms with E-state index >= 15 is 0 Å². The molecule has 0 aromatic heterocycles. The van der Waals surface area contributed by atoms with Gasteiger partial charge in [-0.15, -0.1) is 0 Å². The largest absolute Gasteiger partial charge is 0.325 e. The third-order valence-electron chi connectivity index (χ3n) is 3.19. The Kier molecular flexibility index (Phi) is 5.28. The van der Waals surface area contributed by atoms with E-state index < -0.39 is 0 Å². The van der Waals surface area contributed by atoms with E-state index in [4.69, 9.17) is 17.3 Å². The molecule has 2 amide bonds. The molecule has 1 fully saturated rings. The molecule has 1 heterocycles. The summed E-state index contributed by atoms with van der Waals surface area (Å²) in [5, 5.41) is 3.44. The van der Waals surface area contributed by atoms with E-state index in [1.807, 2.05) is 4.90 Å². The lowest BCUT2D eigenvalue weighted by molar-refractivity contribution is 0.200. The second-order valence-electron chi connectivity index (χ2n) is 4.68. The van der Waals surface area contributed by atoms with Crippen LogP contribution in [0.15, 0.2) is 18.2 Å². The van der Waals surface area contributed by atoms with Crippen LogP contribution < -0.4 is 11.1 Å². The van der Waals surface area contributed by atoms with Crippen molar-refractivity contribution >= 4 is 23.3 Å². The van der Waals surface area contributed by atoms with Gasteiger partial charge in [-0.3, -0.25) is 0 Å². The summed E-state index contributed by atoms with van der Waals surface area (Å²) in [6, 6.07) is 5.21. The molecule has 20 heavy (non-hydrogen) atoms. The zero-order valence-electron chi connectivity index (χ0n) is 11.3. The predicted molar refractivity (Wildman–Crippen MR) is 81.8 cm³/mol. The molecule has 0 atom stereocenters. The number of hydrogen-bond donors (Lipinski definition) is 2. The summed E-state index contributed by atoms with van der Waals surface area (Å²) < 4.78 is 0. The van der Waals surface area contributed by atoms with Crippen molar-refractivity contribution in [3.8, 4) is 11.8 Å². The molecule has 0 saturated carbocycles.